The van der Waals surface area contributed by atoms with Crippen molar-refractivity contribution >= 4 is 40.2 Å². The lowest BCUT2D eigenvalue weighted by molar-refractivity contribution is -0.138. The van der Waals surface area contributed by atoms with Crippen LogP contribution in [0.15, 0.2) is 64.5 Å². The molecule has 5 nitrogen and oxygen atoms in total. The molecule has 0 atom stereocenters. The number of hydrogen-bond acceptors (Lipinski definition) is 5. The third kappa shape index (κ3) is 5.13. The average molecular weight is 474 g/mol. The van der Waals surface area contributed by atoms with Gasteiger partial charge in [0.15, 0.2) is 5.17 Å². The second-order valence-electron chi connectivity index (χ2n) is 6.26. The molecule has 3 rings (SSSR count). The van der Waals surface area contributed by atoms with Crippen LogP contribution in [0.5, 0.6) is 0 Å². The lowest BCUT2D eigenvalue weighted by Crippen LogP contribution is -2.29. The summed E-state index contributed by atoms with van der Waals surface area (Å²) in [5.74, 6) is -1.78. The second-order valence-corrected chi connectivity index (χ2v) is 7.27. The maximum Gasteiger partial charge on any atom is 0.416 e. The van der Waals surface area contributed by atoms with Gasteiger partial charge in [-0.15, -0.1) is 0 Å². The highest BCUT2D eigenvalue weighted by molar-refractivity contribution is 8.19. The summed E-state index contributed by atoms with van der Waals surface area (Å²) in [6.07, 6.45) is -8.53. The molecule has 1 aliphatic rings. The fourth-order valence-electron chi connectivity index (χ4n) is 2.63. The van der Waals surface area contributed by atoms with Gasteiger partial charge in [0.25, 0.3) is 5.91 Å². The first kappa shape index (κ1) is 23.4. The number of halogens is 6. The number of amidine groups is 1. The number of carbonyl (C=O) groups is 2. The zero-order valence-corrected chi connectivity index (χ0v) is 16.8. The van der Waals surface area contributed by atoms with E-state index in [4.69, 9.17) is 0 Å². The maximum absolute atomic E-state index is 13.1. The SMILES string of the molecule is COC(=O)/C=C1/SC(=Nc2cccc(C(F)(F)F)c2)N(c2cccc(C(F)(F)F)c2)C1=O. The monoisotopic (exact) mass is 474 g/mol. The molecule has 1 aliphatic heterocycles. The Hall–Kier alpha value is -3.28. The van der Waals surface area contributed by atoms with Crippen molar-refractivity contribution in [2.75, 3.05) is 12.0 Å². The standard InChI is InChI=1S/C20H12F6N2O3S/c1-31-16(29)10-15-17(30)28(14-7-3-5-12(9-14)20(24,25)26)18(32-15)27-13-6-2-4-11(8-13)19(21,22)23/h2-10H,1H3/b15-10+,27-18?. The van der Waals surface area contributed by atoms with Crippen molar-refractivity contribution in [3.8, 4) is 0 Å². The average Bonchev–Trinajstić information content (AvgIpc) is 3.01. The summed E-state index contributed by atoms with van der Waals surface area (Å²) in [6.45, 7) is 0. The molecule has 0 unspecified atom stereocenters. The van der Waals surface area contributed by atoms with Crippen molar-refractivity contribution in [1.29, 1.82) is 0 Å². The summed E-state index contributed by atoms with van der Waals surface area (Å²) in [6, 6.07) is 7.65. The lowest BCUT2D eigenvalue weighted by Gasteiger charge is -2.17. The molecule has 1 fully saturated rings. The lowest BCUT2D eigenvalue weighted by atomic mass is 10.2. The van der Waals surface area contributed by atoms with Gasteiger partial charge in [-0.3, -0.25) is 9.69 Å². The fraction of sp³-hybridized carbons (Fsp3) is 0.150. The molecular formula is C20H12F6N2O3S. The van der Waals surface area contributed by atoms with Gasteiger partial charge in [-0.05, 0) is 48.2 Å². The number of ether oxygens (including phenoxy) is 1. The van der Waals surface area contributed by atoms with Crippen molar-refractivity contribution in [3.63, 3.8) is 0 Å². The summed E-state index contributed by atoms with van der Waals surface area (Å²) in [5, 5.41) is -0.233. The Kier molecular flexibility index (Phi) is 6.35. The maximum atomic E-state index is 13.1. The highest BCUT2D eigenvalue weighted by Gasteiger charge is 2.38. The Morgan fingerprint density at radius 2 is 1.59 bits per heavy atom. The molecule has 168 valence electrons. The van der Waals surface area contributed by atoms with E-state index in [9.17, 15) is 35.9 Å². The Balaban J connectivity index is 2.12. The number of aliphatic imine (C=N–C) groups is 1. The van der Waals surface area contributed by atoms with Gasteiger partial charge in [0.05, 0.1) is 34.5 Å². The highest BCUT2D eigenvalue weighted by Crippen LogP contribution is 2.39. The molecule has 0 radical (unpaired) electrons. The number of rotatable bonds is 3. The summed E-state index contributed by atoms with van der Waals surface area (Å²) in [7, 11) is 1.06. The van der Waals surface area contributed by atoms with Gasteiger partial charge in [0, 0.05) is 6.08 Å². The fourth-order valence-corrected chi connectivity index (χ4v) is 3.59. The Morgan fingerprint density at radius 1 is 1.00 bits per heavy atom. The van der Waals surface area contributed by atoms with E-state index in [0.29, 0.717) is 17.8 Å². The molecule has 32 heavy (non-hydrogen) atoms. The predicted octanol–water partition coefficient (Wildman–Crippen LogP) is 5.55. The van der Waals surface area contributed by atoms with Crippen molar-refractivity contribution in [2.45, 2.75) is 12.4 Å². The van der Waals surface area contributed by atoms with Gasteiger partial charge < -0.3 is 4.74 Å². The van der Waals surface area contributed by atoms with E-state index < -0.39 is 35.4 Å². The van der Waals surface area contributed by atoms with Crippen molar-refractivity contribution in [1.82, 2.24) is 0 Å². The zero-order valence-electron chi connectivity index (χ0n) is 16.0. The third-order valence-corrected chi connectivity index (χ3v) is 5.06. The van der Waals surface area contributed by atoms with Gasteiger partial charge >= 0.3 is 18.3 Å². The highest BCUT2D eigenvalue weighted by atomic mass is 32.2. The minimum Gasteiger partial charge on any atom is -0.466 e. The van der Waals surface area contributed by atoms with E-state index in [-0.39, 0.29) is 21.4 Å². The number of methoxy groups -OCH3 is 1. The first-order valence-corrected chi connectivity index (χ1v) is 9.47. The molecule has 1 saturated heterocycles. The summed E-state index contributed by atoms with van der Waals surface area (Å²) >= 11 is 0.611. The van der Waals surface area contributed by atoms with Gasteiger partial charge in [-0.25, -0.2) is 9.79 Å². The largest absolute Gasteiger partial charge is 0.466 e. The van der Waals surface area contributed by atoms with Crippen LogP contribution in [-0.4, -0.2) is 24.2 Å². The molecule has 12 heteroatoms. The number of amides is 1. The minimum absolute atomic E-state index is 0.189. The number of alkyl halides is 6. The Labute approximate surface area is 181 Å². The zero-order chi connectivity index (χ0) is 23.7. The van der Waals surface area contributed by atoms with Gasteiger partial charge in [0.2, 0.25) is 0 Å². The first-order valence-electron chi connectivity index (χ1n) is 8.65. The number of thioether (sulfide) groups is 1. The van der Waals surface area contributed by atoms with Gasteiger partial charge in [-0.1, -0.05) is 12.1 Å². The number of hydrogen-bond donors (Lipinski definition) is 0. The molecular weight excluding hydrogens is 462 g/mol. The Bertz CT molecular complexity index is 1120. The topological polar surface area (TPSA) is 59.0 Å². The quantitative estimate of drug-likeness (QED) is 0.333. The summed E-state index contributed by atoms with van der Waals surface area (Å²) in [5.41, 5.74) is -2.45. The molecule has 0 N–H and O–H groups in total. The number of anilines is 1. The van der Waals surface area contributed by atoms with Crippen LogP contribution >= 0.6 is 11.8 Å². The predicted molar refractivity (Wildman–Crippen MR) is 105 cm³/mol. The molecule has 1 heterocycles. The van der Waals surface area contributed by atoms with Crippen LogP contribution in [0, 0.1) is 0 Å². The van der Waals surface area contributed by atoms with E-state index in [1.54, 1.807) is 0 Å². The van der Waals surface area contributed by atoms with Crippen LogP contribution in [0.1, 0.15) is 11.1 Å². The normalized spacial score (nSPS) is 17.3. The molecule has 0 aromatic heterocycles. The molecule has 0 saturated carbocycles. The number of esters is 1. The number of nitrogens with zero attached hydrogens (tertiary/aromatic N) is 2. The minimum atomic E-state index is -4.70. The summed E-state index contributed by atoms with van der Waals surface area (Å²) < 4.78 is 82.8. The second kappa shape index (κ2) is 8.69. The Morgan fingerprint density at radius 3 is 2.19 bits per heavy atom. The van der Waals surface area contributed by atoms with Crippen molar-refractivity contribution < 1.29 is 40.7 Å². The third-order valence-electron chi connectivity index (χ3n) is 4.09. The molecule has 2 aromatic carbocycles. The molecule has 2 aromatic rings. The van der Waals surface area contributed by atoms with Crippen molar-refractivity contribution in [3.05, 3.63) is 70.6 Å². The van der Waals surface area contributed by atoms with Gasteiger partial charge in [-0.2, -0.15) is 26.3 Å². The summed E-state index contributed by atoms with van der Waals surface area (Å²) in [4.78, 5) is 29.0. The van der Waals surface area contributed by atoms with E-state index in [0.717, 1.165) is 48.4 Å². The van der Waals surface area contributed by atoms with E-state index in [2.05, 4.69) is 9.73 Å². The molecule has 0 aliphatic carbocycles. The molecule has 1 amide bonds. The van der Waals surface area contributed by atoms with Crippen LogP contribution < -0.4 is 4.90 Å². The molecule has 0 bridgehead atoms. The smallest absolute Gasteiger partial charge is 0.416 e. The van der Waals surface area contributed by atoms with E-state index >= 15 is 0 Å². The first-order chi connectivity index (χ1) is 14.9. The number of carbonyl (C=O) groups excluding carboxylic acids is 2. The van der Waals surface area contributed by atoms with E-state index in [1.807, 2.05) is 0 Å². The van der Waals surface area contributed by atoms with Crippen LogP contribution in [0.4, 0.5) is 37.7 Å². The van der Waals surface area contributed by atoms with Crippen LogP contribution in [0.3, 0.4) is 0 Å². The van der Waals surface area contributed by atoms with Crippen molar-refractivity contribution in [2.24, 2.45) is 4.99 Å². The van der Waals surface area contributed by atoms with E-state index in [1.165, 1.54) is 12.1 Å². The van der Waals surface area contributed by atoms with Crippen LogP contribution in [0.25, 0.3) is 0 Å². The molecule has 0 spiro atoms. The number of benzene rings is 2. The van der Waals surface area contributed by atoms with Crippen LogP contribution in [0.2, 0.25) is 0 Å². The van der Waals surface area contributed by atoms with Crippen LogP contribution in [-0.2, 0) is 26.7 Å². The van der Waals surface area contributed by atoms with Gasteiger partial charge in [0.1, 0.15) is 0 Å².